The Morgan fingerprint density at radius 3 is 2.79 bits per heavy atom. The number of ether oxygens (including phenoxy) is 1. The van der Waals surface area contributed by atoms with Gasteiger partial charge in [0.25, 0.3) is 0 Å². The molecule has 2 atom stereocenters. The van der Waals surface area contributed by atoms with Crippen molar-refractivity contribution in [3.8, 4) is 5.75 Å². The number of benzene rings is 1. The lowest BCUT2D eigenvalue weighted by Crippen LogP contribution is -2.40. The van der Waals surface area contributed by atoms with E-state index in [1.54, 1.807) is 24.3 Å². The molecule has 19 heavy (non-hydrogen) atoms. The molecule has 1 heterocycles. The first kappa shape index (κ1) is 14.1. The molecule has 0 amide bonds. The standard InChI is InChI=1S/C14H22N2O3/c15-11-3-5-14(6-4-11)19-10-13(18)8-16-7-1-2-12(16)9-17/h3-6,12-13,17-18H,1-2,7-10,15H2. The van der Waals surface area contributed by atoms with Crippen LogP contribution < -0.4 is 10.5 Å². The average Bonchev–Trinajstić information content (AvgIpc) is 2.85. The lowest BCUT2D eigenvalue weighted by molar-refractivity contribution is 0.0533. The number of anilines is 1. The first-order valence-corrected chi connectivity index (χ1v) is 6.70. The van der Waals surface area contributed by atoms with Gasteiger partial charge in [-0.15, -0.1) is 0 Å². The molecule has 0 bridgehead atoms. The predicted octanol–water partition coefficient (Wildman–Crippen LogP) is 0.465. The fourth-order valence-electron chi connectivity index (χ4n) is 2.42. The molecular formula is C14H22N2O3. The van der Waals surface area contributed by atoms with Crippen LogP contribution in [-0.2, 0) is 0 Å². The predicted molar refractivity (Wildman–Crippen MR) is 74.0 cm³/mol. The summed E-state index contributed by atoms with van der Waals surface area (Å²) in [6.45, 7) is 1.88. The fourth-order valence-corrected chi connectivity index (χ4v) is 2.42. The number of likely N-dealkylation sites (tertiary alicyclic amines) is 1. The summed E-state index contributed by atoms with van der Waals surface area (Å²) < 4.78 is 5.51. The minimum Gasteiger partial charge on any atom is -0.491 e. The molecule has 0 aliphatic carbocycles. The zero-order valence-corrected chi connectivity index (χ0v) is 11.0. The number of aliphatic hydroxyl groups is 2. The summed E-state index contributed by atoms with van der Waals surface area (Å²) in [6, 6.07) is 7.29. The fraction of sp³-hybridized carbons (Fsp3) is 0.571. The molecule has 0 saturated carbocycles. The number of aliphatic hydroxyl groups excluding tert-OH is 2. The second-order valence-electron chi connectivity index (χ2n) is 5.01. The Morgan fingerprint density at radius 2 is 2.11 bits per heavy atom. The van der Waals surface area contributed by atoms with Crippen molar-refractivity contribution in [3.05, 3.63) is 24.3 Å². The molecule has 0 radical (unpaired) electrons. The summed E-state index contributed by atoms with van der Waals surface area (Å²) in [5.74, 6) is 0.702. The van der Waals surface area contributed by atoms with Gasteiger partial charge in [-0.05, 0) is 43.7 Å². The quantitative estimate of drug-likeness (QED) is 0.652. The van der Waals surface area contributed by atoms with Gasteiger partial charge in [0, 0.05) is 18.3 Å². The van der Waals surface area contributed by atoms with Crippen LogP contribution in [0.2, 0.25) is 0 Å². The summed E-state index contributed by atoms with van der Waals surface area (Å²) in [7, 11) is 0. The van der Waals surface area contributed by atoms with E-state index in [-0.39, 0.29) is 19.3 Å². The third-order valence-electron chi connectivity index (χ3n) is 3.48. The molecule has 5 nitrogen and oxygen atoms in total. The van der Waals surface area contributed by atoms with Gasteiger partial charge in [-0.1, -0.05) is 0 Å². The van der Waals surface area contributed by atoms with Crippen molar-refractivity contribution in [1.82, 2.24) is 4.90 Å². The highest BCUT2D eigenvalue weighted by molar-refractivity contribution is 5.41. The van der Waals surface area contributed by atoms with E-state index in [2.05, 4.69) is 4.90 Å². The van der Waals surface area contributed by atoms with E-state index < -0.39 is 6.10 Å². The van der Waals surface area contributed by atoms with Gasteiger partial charge in [0.2, 0.25) is 0 Å². The molecule has 1 aromatic carbocycles. The van der Waals surface area contributed by atoms with Gasteiger partial charge >= 0.3 is 0 Å². The molecule has 0 spiro atoms. The summed E-state index contributed by atoms with van der Waals surface area (Å²) in [4.78, 5) is 2.12. The van der Waals surface area contributed by atoms with E-state index in [1.807, 2.05) is 0 Å². The lowest BCUT2D eigenvalue weighted by atomic mass is 10.2. The Bertz CT molecular complexity index is 383. The molecular weight excluding hydrogens is 244 g/mol. The van der Waals surface area contributed by atoms with Crippen LogP contribution in [0.5, 0.6) is 5.75 Å². The SMILES string of the molecule is Nc1ccc(OCC(O)CN2CCCC2CO)cc1. The topological polar surface area (TPSA) is 79.0 Å². The summed E-state index contributed by atoms with van der Waals surface area (Å²) in [5.41, 5.74) is 6.28. The minimum absolute atomic E-state index is 0.158. The molecule has 106 valence electrons. The van der Waals surface area contributed by atoms with Crippen LogP contribution in [0.15, 0.2) is 24.3 Å². The number of β-amino-alcohol motifs (C(OH)–C–C–N with tert-alkyl or cyclic N) is 1. The molecule has 1 saturated heterocycles. The Morgan fingerprint density at radius 1 is 1.37 bits per heavy atom. The van der Waals surface area contributed by atoms with Crippen LogP contribution in [0.4, 0.5) is 5.69 Å². The van der Waals surface area contributed by atoms with Crippen LogP contribution in [0, 0.1) is 0 Å². The van der Waals surface area contributed by atoms with Crippen LogP contribution in [0.25, 0.3) is 0 Å². The normalized spacial score (nSPS) is 21.5. The van der Waals surface area contributed by atoms with E-state index in [9.17, 15) is 10.2 Å². The largest absolute Gasteiger partial charge is 0.491 e. The average molecular weight is 266 g/mol. The molecule has 4 N–H and O–H groups in total. The Hall–Kier alpha value is -1.30. The maximum absolute atomic E-state index is 9.97. The van der Waals surface area contributed by atoms with Crippen molar-refractivity contribution < 1.29 is 14.9 Å². The van der Waals surface area contributed by atoms with Crippen LogP contribution in [-0.4, -0.2) is 53.6 Å². The van der Waals surface area contributed by atoms with Crippen LogP contribution in [0.3, 0.4) is 0 Å². The lowest BCUT2D eigenvalue weighted by Gasteiger charge is -2.25. The first-order chi connectivity index (χ1) is 9.19. The molecule has 0 aromatic heterocycles. The number of hydrogen-bond acceptors (Lipinski definition) is 5. The van der Waals surface area contributed by atoms with E-state index in [1.165, 1.54) is 0 Å². The molecule has 5 heteroatoms. The summed E-state index contributed by atoms with van der Waals surface area (Å²) in [5, 5.41) is 19.2. The highest BCUT2D eigenvalue weighted by Crippen LogP contribution is 2.17. The van der Waals surface area contributed by atoms with E-state index in [4.69, 9.17) is 10.5 Å². The molecule has 2 rings (SSSR count). The van der Waals surface area contributed by atoms with Gasteiger partial charge in [-0.3, -0.25) is 4.90 Å². The van der Waals surface area contributed by atoms with Gasteiger partial charge in [0.1, 0.15) is 18.5 Å². The third-order valence-corrected chi connectivity index (χ3v) is 3.48. The molecule has 1 fully saturated rings. The van der Waals surface area contributed by atoms with E-state index >= 15 is 0 Å². The molecule has 1 aromatic rings. The number of rotatable bonds is 6. The second kappa shape index (κ2) is 6.75. The maximum Gasteiger partial charge on any atom is 0.119 e. The van der Waals surface area contributed by atoms with E-state index in [0.29, 0.717) is 18.0 Å². The smallest absolute Gasteiger partial charge is 0.119 e. The molecule has 1 aliphatic heterocycles. The zero-order valence-electron chi connectivity index (χ0n) is 11.0. The monoisotopic (exact) mass is 266 g/mol. The van der Waals surface area contributed by atoms with Gasteiger partial charge in [-0.2, -0.15) is 0 Å². The highest BCUT2D eigenvalue weighted by Gasteiger charge is 2.25. The first-order valence-electron chi connectivity index (χ1n) is 6.70. The van der Waals surface area contributed by atoms with Crippen molar-refractivity contribution in [2.75, 3.05) is 32.0 Å². The summed E-state index contributed by atoms with van der Waals surface area (Å²) in [6.07, 6.45) is 1.53. The van der Waals surface area contributed by atoms with Crippen LogP contribution >= 0.6 is 0 Å². The van der Waals surface area contributed by atoms with Crippen LogP contribution in [0.1, 0.15) is 12.8 Å². The van der Waals surface area contributed by atoms with E-state index in [0.717, 1.165) is 19.4 Å². The van der Waals surface area contributed by atoms with Gasteiger partial charge in [0.15, 0.2) is 0 Å². The second-order valence-corrected chi connectivity index (χ2v) is 5.01. The Labute approximate surface area is 113 Å². The molecule has 1 aliphatic rings. The number of nitrogens with two attached hydrogens (primary N) is 1. The zero-order chi connectivity index (χ0) is 13.7. The molecule has 2 unspecified atom stereocenters. The third kappa shape index (κ3) is 4.09. The summed E-state index contributed by atoms with van der Waals surface area (Å²) >= 11 is 0. The van der Waals surface area contributed by atoms with Gasteiger partial charge in [0.05, 0.1) is 6.61 Å². The number of nitrogen functional groups attached to an aromatic ring is 1. The van der Waals surface area contributed by atoms with Crippen molar-refractivity contribution in [2.24, 2.45) is 0 Å². The number of hydrogen-bond donors (Lipinski definition) is 3. The highest BCUT2D eigenvalue weighted by atomic mass is 16.5. The maximum atomic E-state index is 9.97. The number of nitrogens with zero attached hydrogens (tertiary/aromatic N) is 1. The minimum atomic E-state index is -0.551. The van der Waals surface area contributed by atoms with Gasteiger partial charge in [-0.25, -0.2) is 0 Å². The Kier molecular flexibility index (Phi) is 5.01. The Balaban J connectivity index is 1.75. The van der Waals surface area contributed by atoms with Crippen molar-refractivity contribution in [1.29, 1.82) is 0 Å². The van der Waals surface area contributed by atoms with Crippen molar-refractivity contribution >= 4 is 5.69 Å². The van der Waals surface area contributed by atoms with Crippen molar-refractivity contribution in [2.45, 2.75) is 25.0 Å². The van der Waals surface area contributed by atoms with Crippen molar-refractivity contribution in [3.63, 3.8) is 0 Å². The van der Waals surface area contributed by atoms with Gasteiger partial charge < -0.3 is 20.7 Å².